The molecule has 172 valence electrons. The van der Waals surface area contributed by atoms with E-state index in [2.05, 4.69) is 49.7 Å². The average Bonchev–Trinajstić information content (AvgIpc) is 2.68. The number of rotatable bonds is 22. The summed E-state index contributed by atoms with van der Waals surface area (Å²) < 4.78 is -1.54. The Morgan fingerprint density at radius 2 is 0.571 bits per heavy atom. The van der Waals surface area contributed by atoms with E-state index in [4.69, 9.17) is 0 Å². The average molecular weight is 527 g/mol. The molecule has 0 saturated carbocycles. The Balaban J connectivity index is 4.91. The predicted molar refractivity (Wildman–Crippen MR) is 146 cm³/mol. The van der Waals surface area contributed by atoms with Crippen LogP contribution < -0.4 is 0 Å². The maximum absolute atomic E-state index is 3.16. The Morgan fingerprint density at radius 3 is 0.857 bits per heavy atom. The van der Waals surface area contributed by atoms with Gasteiger partial charge >= 0.3 is 194 Å². The molecule has 0 bridgehead atoms. The van der Waals surface area contributed by atoms with Crippen LogP contribution in [-0.4, -0.2) is 24.6 Å². The normalized spacial score (nSPS) is 13.5. The minimum atomic E-state index is -1.54. The van der Waals surface area contributed by atoms with Crippen molar-refractivity contribution in [3.8, 4) is 0 Å². The first-order valence-corrected chi connectivity index (χ1v) is 19.0. The summed E-state index contributed by atoms with van der Waals surface area (Å²) in [4.78, 5) is 0. The van der Waals surface area contributed by atoms with Gasteiger partial charge in [0.2, 0.25) is 0 Å². The van der Waals surface area contributed by atoms with Gasteiger partial charge in [0.1, 0.15) is 0 Å². The van der Waals surface area contributed by atoms with Gasteiger partial charge in [-0.1, -0.05) is 0 Å². The standard InChI is InChI=1S/C26H56IP/c1-5-9-13-16-20-24-28(27,23-19-12-8-4,25-21-17-14-10-6-2)26-22-18-15-11-7-3/h5-26H2,1-4H3. The first-order valence-electron chi connectivity index (χ1n) is 13.3. The molecule has 28 heavy (non-hydrogen) atoms. The van der Waals surface area contributed by atoms with E-state index < -0.39 is 4.25 Å². The van der Waals surface area contributed by atoms with Crippen molar-refractivity contribution in [1.29, 1.82) is 0 Å². The molecule has 0 amide bonds. The van der Waals surface area contributed by atoms with Gasteiger partial charge in [-0.15, -0.1) is 0 Å². The Hall–Kier alpha value is 1.16. The molecule has 0 aliphatic rings. The fraction of sp³-hybridized carbons (Fsp3) is 1.00. The zero-order valence-electron chi connectivity index (χ0n) is 20.4. The fourth-order valence-electron chi connectivity index (χ4n) is 4.76. The molecule has 0 N–H and O–H groups in total. The van der Waals surface area contributed by atoms with Crippen LogP contribution in [0, 0.1) is 0 Å². The summed E-state index contributed by atoms with van der Waals surface area (Å²) in [5.74, 6) is 0. The van der Waals surface area contributed by atoms with E-state index in [9.17, 15) is 0 Å². The van der Waals surface area contributed by atoms with E-state index in [-0.39, 0.29) is 0 Å². The molecule has 0 aromatic rings. The number of hydrogen-bond donors (Lipinski definition) is 0. The van der Waals surface area contributed by atoms with Gasteiger partial charge in [0.05, 0.1) is 0 Å². The van der Waals surface area contributed by atoms with E-state index in [0.717, 1.165) is 0 Å². The quantitative estimate of drug-likeness (QED) is 0.0748. The molecule has 0 spiro atoms. The van der Waals surface area contributed by atoms with Crippen molar-refractivity contribution in [3.63, 3.8) is 0 Å². The molecule has 0 fully saturated rings. The van der Waals surface area contributed by atoms with Crippen LogP contribution in [0.2, 0.25) is 0 Å². The van der Waals surface area contributed by atoms with Crippen LogP contribution >= 0.6 is 26.3 Å². The molecule has 0 aromatic carbocycles. The van der Waals surface area contributed by atoms with E-state index in [0.29, 0.717) is 0 Å². The third-order valence-corrected chi connectivity index (χ3v) is 18.3. The molecule has 0 radical (unpaired) electrons. The second-order valence-electron chi connectivity index (χ2n) is 9.66. The monoisotopic (exact) mass is 526 g/mol. The van der Waals surface area contributed by atoms with Crippen LogP contribution in [0.1, 0.15) is 143 Å². The Labute approximate surface area is 193 Å². The molecule has 0 aliphatic carbocycles. The summed E-state index contributed by atoms with van der Waals surface area (Å²) in [6, 6.07) is 0. The van der Waals surface area contributed by atoms with Crippen LogP contribution in [-0.2, 0) is 0 Å². The summed E-state index contributed by atoms with van der Waals surface area (Å²) in [6.07, 6.45) is 32.7. The van der Waals surface area contributed by atoms with Gasteiger partial charge in [-0.05, 0) is 0 Å². The van der Waals surface area contributed by atoms with Gasteiger partial charge in [0, 0.05) is 0 Å². The van der Waals surface area contributed by atoms with Crippen LogP contribution in [0.25, 0.3) is 0 Å². The topological polar surface area (TPSA) is 0 Å². The molecule has 0 aromatic heterocycles. The van der Waals surface area contributed by atoms with E-state index in [1.165, 1.54) is 116 Å². The van der Waals surface area contributed by atoms with Crippen LogP contribution in [0.4, 0.5) is 0 Å². The Morgan fingerprint density at radius 1 is 0.357 bits per heavy atom. The van der Waals surface area contributed by atoms with Gasteiger partial charge in [-0.25, -0.2) is 0 Å². The molecular formula is C26H56IP. The number of unbranched alkanes of at least 4 members (excludes halogenated alkanes) is 14. The van der Waals surface area contributed by atoms with Gasteiger partial charge in [-0.3, -0.25) is 0 Å². The Kier molecular flexibility index (Phi) is 19.7. The first-order chi connectivity index (χ1) is 13.5. The van der Waals surface area contributed by atoms with Crippen molar-refractivity contribution in [2.45, 2.75) is 143 Å². The molecular weight excluding hydrogens is 470 g/mol. The SMILES string of the molecule is CCCCCCCP(I)(CCCCC)(CCCCCCC)CCCCCCC. The number of hydrogen-bond acceptors (Lipinski definition) is 0. The predicted octanol–water partition coefficient (Wildman–Crippen LogP) is 11.0. The molecule has 0 unspecified atom stereocenters. The minimum absolute atomic E-state index is 1.37. The van der Waals surface area contributed by atoms with Gasteiger partial charge in [-0.2, -0.15) is 0 Å². The van der Waals surface area contributed by atoms with Crippen molar-refractivity contribution in [3.05, 3.63) is 0 Å². The molecule has 0 heterocycles. The maximum atomic E-state index is 3.16. The van der Waals surface area contributed by atoms with Crippen LogP contribution in [0.15, 0.2) is 0 Å². The van der Waals surface area contributed by atoms with E-state index in [1.807, 2.05) is 0 Å². The summed E-state index contributed by atoms with van der Waals surface area (Å²) in [5.41, 5.74) is 0. The van der Waals surface area contributed by atoms with E-state index in [1.54, 1.807) is 24.6 Å². The molecule has 0 nitrogen and oxygen atoms in total. The third kappa shape index (κ3) is 15.0. The molecule has 0 atom stereocenters. The van der Waals surface area contributed by atoms with E-state index >= 15 is 0 Å². The van der Waals surface area contributed by atoms with Crippen molar-refractivity contribution in [1.82, 2.24) is 0 Å². The zero-order chi connectivity index (χ0) is 21.0. The van der Waals surface area contributed by atoms with Crippen molar-refractivity contribution < 1.29 is 0 Å². The number of halogens is 1. The van der Waals surface area contributed by atoms with Crippen molar-refractivity contribution in [2.24, 2.45) is 0 Å². The second-order valence-corrected chi connectivity index (χ2v) is 23.3. The van der Waals surface area contributed by atoms with Gasteiger partial charge in [0.25, 0.3) is 0 Å². The molecule has 0 saturated heterocycles. The first kappa shape index (κ1) is 29.2. The van der Waals surface area contributed by atoms with Crippen LogP contribution in [0.3, 0.4) is 0 Å². The van der Waals surface area contributed by atoms with Crippen molar-refractivity contribution >= 4 is 26.3 Å². The van der Waals surface area contributed by atoms with Gasteiger partial charge in [0.15, 0.2) is 0 Å². The molecule has 2 heteroatoms. The zero-order valence-corrected chi connectivity index (χ0v) is 23.4. The molecule has 0 aliphatic heterocycles. The summed E-state index contributed by atoms with van der Waals surface area (Å²) in [5, 5.41) is 0. The van der Waals surface area contributed by atoms with Gasteiger partial charge < -0.3 is 0 Å². The second kappa shape index (κ2) is 18.9. The summed E-state index contributed by atoms with van der Waals surface area (Å²) >= 11 is 3.16. The summed E-state index contributed by atoms with van der Waals surface area (Å²) in [6.45, 7) is 9.41. The van der Waals surface area contributed by atoms with Crippen molar-refractivity contribution in [2.75, 3.05) is 24.6 Å². The third-order valence-electron chi connectivity index (χ3n) is 6.78. The molecule has 0 rings (SSSR count). The summed E-state index contributed by atoms with van der Waals surface area (Å²) in [7, 11) is 0. The van der Waals surface area contributed by atoms with Crippen LogP contribution in [0.5, 0.6) is 0 Å². The Bertz CT molecular complexity index is 290. The fourth-order valence-corrected chi connectivity index (χ4v) is 14.3.